The lowest BCUT2D eigenvalue weighted by molar-refractivity contribution is -0.328. The van der Waals surface area contributed by atoms with Crippen LogP contribution in [0, 0.1) is 17.8 Å². The maximum atomic E-state index is 14.1. The Labute approximate surface area is 482 Å². The first-order valence-corrected chi connectivity index (χ1v) is 26.2. The summed E-state index contributed by atoms with van der Waals surface area (Å²) in [6.45, 7) is -2.60. The Hall–Kier alpha value is -6.06. The van der Waals surface area contributed by atoms with Crippen LogP contribution >= 0.6 is 0 Å². The minimum absolute atomic E-state index is 0.0538. The third-order valence-electron chi connectivity index (χ3n) is 14.5. The van der Waals surface area contributed by atoms with Gasteiger partial charge in [0.2, 0.25) is 18.9 Å². The first-order valence-electron chi connectivity index (χ1n) is 26.2. The second-order valence-corrected chi connectivity index (χ2v) is 19.5. The summed E-state index contributed by atoms with van der Waals surface area (Å²) in [6.07, 6.45) is -27.9. The number of rotatable bonds is 22. The number of esters is 6. The smallest absolute Gasteiger partial charge is 0.337 e. The monoisotopic (exact) mass is 1220 g/mol. The fourth-order valence-electron chi connectivity index (χ4n) is 9.74. The molecule has 3 saturated heterocycles. The third kappa shape index (κ3) is 15.7. The van der Waals surface area contributed by atoms with E-state index >= 15 is 0 Å². The Morgan fingerprint density at radius 3 is 1.00 bits per heavy atom. The van der Waals surface area contributed by atoms with Crippen LogP contribution in [0.2, 0.25) is 0 Å². The Kier molecular flexibility index (Phi) is 24.8. The van der Waals surface area contributed by atoms with Crippen LogP contribution in [0.1, 0.15) is 26.2 Å². The van der Waals surface area contributed by atoms with E-state index < -0.39 is 222 Å². The summed E-state index contributed by atoms with van der Waals surface area (Å²) in [7, 11) is 4.10. The van der Waals surface area contributed by atoms with Gasteiger partial charge in [-0.1, -0.05) is 6.08 Å². The zero-order valence-electron chi connectivity index (χ0n) is 46.2. The molecule has 33 heteroatoms. The maximum Gasteiger partial charge on any atom is 0.337 e. The summed E-state index contributed by atoms with van der Waals surface area (Å²) in [5.74, 6) is -10.3. The molecule has 0 spiro atoms. The molecule has 0 bridgehead atoms. The van der Waals surface area contributed by atoms with E-state index in [1.807, 2.05) is 0 Å². The number of aliphatic hydroxyl groups is 12. The van der Waals surface area contributed by atoms with E-state index in [4.69, 9.17) is 71.1 Å². The first-order chi connectivity index (χ1) is 40.5. The minimum Gasteiger partial charge on any atom is -0.469 e. The summed E-state index contributed by atoms with van der Waals surface area (Å²) < 4.78 is 81.9. The van der Waals surface area contributed by atoms with E-state index in [0.29, 0.717) is 0 Å². The van der Waals surface area contributed by atoms with Crippen molar-refractivity contribution < 1.29 is 161 Å². The fraction of sp³-hybridized carbons (Fsp3) is 0.654. The van der Waals surface area contributed by atoms with E-state index in [9.17, 15) is 90.0 Å². The van der Waals surface area contributed by atoms with Gasteiger partial charge in [-0.05, 0) is 19.1 Å². The van der Waals surface area contributed by atoms with Gasteiger partial charge in [0, 0.05) is 34.5 Å². The minimum atomic E-state index is -2.04. The molecule has 6 aliphatic heterocycles. The highest BCUT2D eigenvalue weighted by molar-refractivity contribution is 5.92. The molecule has 0 aliphatic carbocycles. The molecule has 0 aromatic carbocycles. The molecule has 6 rings (SSSR count). The molecule has 6 heterocycles. The van der Waals surface area contributed by atoms with Crippen molar-refractivity contribution in [3.05, 3.63) is 70.5 Å². The van der Waals surface area contributed by atoms with Crippen molar-refractivity contribution in [1.82, 2.24) is 0 Å². The van der Waals surface area contributed by atoms with Crippen LogP contribution in [-0.2, 0) is 99.8 Å². The zero-order valence-corrected chi connectivity index (χ0v) is 46.2. The second kappa shape index (κ2) is 31.0. The molecule has 6 aliphatic rings. The third-order valence-corrected chi connectivity index (χ3v) is 14.5. The van der Waals surface area contributed by atoms with Gasteiger partial charge < -0.3 is 132 Å². The molecule has 85 heavy (non-hydrogen) atoms. The molecular weight excluding hydrogens is 1150 g/mol. The van der Waals surface area contributed by atoms with Crippen molar-refractivity contribution in [2.45, 2.75) is 137 Å². The lowest BCUT2D eigenvalue weighted by Crippen LogP contribution is -2.60. The van der Waals surface area contributed by atoms with Gasteiger partial charge in [0.05, 0.1) is 103 Å². The quantitative estimate of drug-likeness (QED) is 0.0273. The molecule has 12 N–H and O–H groups in total. The Morgan fingerprint density at radius 2 is 0.718 bits per heavy atom. The Bertz CT molecular complexity index is 2540. The van der Waals surface area contributed by atoms with Crippen molar-refractivity contribution in [3.63, 3.8) is 0 Å². The SMILES string of the molecule is C/C=C1/[C@H](O[C@@H]2O[C@H](CO)[C@@H](O)[C@H](O)[C@H]2O)OC=C(C(=O)OC)[C@H]1CC(=O)OC/C=C1/[C@H](O[C@@H]2O[C@H](CO)[C@@H](O)[C@H](O)[C@H]2O)OC=C(C(=O)OC)[C@H]1CC(=O)OC/C=C1/[C@H](O[C@@H]2O[C@H](CO)[C@@H](O)[C@H](O)[C@H]2O)OC=C(C(=O)OC)[C@H]1CC(=O)OC. The molecule has 33 nitrogen and oxygen atoms in total. The lowest BCUT2D eigenvalue weighted by atomic mass is 9.85. The second-order valence-electron chi connectivity index (χ2n) is 19.5. The predicted molar refractivity (Wildman–Crippen MR) is 268 cm³/mol. The topological polar surface area (TPSA) is 484 Å². The summed E-state index contributed by atoms with van der Waals surface area (Å²) >= 11 is 0. The van der Waals surface area contributed by atoms with Crippen LogP contribution in [0.4, 0.5) is 0 Å². The molecule has 3 fully saturated rings. The van der Waals surface area contributed by atoms with Gasteiger partial charge in [-0.25, -0.2) is 14.4 Å². The van der Waals surface area contributed by atoms with E-state index in [0.717, 1.165) is 59.4 Å². The van der Waals surface area contributed by atoms with Crippen molar-refractivity contribution in [3.8, 4) is 0 Å². The van der Waals surface area contributed by atoms with Crippen molar-refractivity contribution in [1.29, 1.82) is 0 Å². The fourth-order valence-corrected chi connectivity index (χ4v) is 9.74. The molecule has 0 saturated carbocycles. The maximum absolute atomic E-state index is 14.1. The summed E-state index contributed by atoms with van der Waals surface area (Å²) in [5.41, 5.74) is -1.29. The van der Waals surface area contributed by atoms with Gasteiger partial charge in [0.25, 0.3) is 0 Å². The highest BCUT2D eigenvalue weighted by atomic mass is 16.8. The molecular formula is C52H70O33. The van der Waals surface area contributed by atoms with Gasteiger partial charge in [-0.2, -0.15) is 0 Å². The van der Waals surface area contributed by atoms with Crippen LogP contribution in [0.5, 0.6) is 0 Å². The molecule has 0 amide bonds. The van der Waals surface area contributed by atoms with Gasteiger partial charge in [0.1, 0.15) is 86.5 Å². The average Bonchev–Trinajstić information content (AvgIpc) is 3.64. The number of carbonyl (C=O) groups excluding carboxylic acids is 6. The summed E-state index contributed by atoms with van der Waals surface area (Å²) in [6, 6.07) is 0. The number of methoxy groups -OCH3 is 4. The first kappa shape index (κ1) is 68.1. The van der Waals surface area contributed by atoms with E-state index in [2.05, 4.69) is 0 Å². The number of allylic oxidation sites excluding steroid dienone is 1. The van der Waals surface area contributed by atoms with E-state index in [1.54, 1.807) is 0 Å². The highest BCUT2D eigenvalue weighted by Gasteiger charge is 2.51. The standard InChI is InChI=1S/C52H70O33/c1-6-20-23(26(44(68)72-3)17-77-47(20)83-50-41(65)38(62)35(59)29(14-53)80-50)12-33(57)75-10-8-22-25(28(46(70)74-5)19-79-49(22)85-52-43(67)40(64)37(61)31(16-55)82-52)13-34(58)76-9-7-21-24(11-32(56)71-2)27(45(69)73-4)18-78-48(21)84-51-42(66)39(63)36(60)30(15-54)81-51/h6-8,17-19,23-25,29-31,35-43,47-55,59-67H,9-16H2,1-5H3/b20-6+,21-7+,22-8+/t23-,24-,25-,29+,30+,31+,35+,36+,37+,38-,39-,40-,41+,42+,43+,47-,48-,49-,50-,51-,52-/m0/s1. The molecule has 0 aromatic heterocycles. The zero-order chi connectivity index (χ0) is 62.6. The van der Waals surface area contributed by atoms with Gasteiger partial charge >= 0.3 is 35.8 Å². The van der Waals surface area contributed by atoms with Crippen LogP contribution in [-0.4, -0.2) is 270 Å². The molecule has 476 valence electrons. The van der Waals surface area contributed by atoms with Crippen LogP contribution in [0.25, 0.3) is 0 Å². The number of hydrogen-bond acceptors (Lipinski definition) is 33. The lowest BCUT2D eigenvalue weighted by Gasteiger charge is -2.42. The molecule has 0 aromatic rings. The molecule has 0 radical (unpaired) electrons. The van der Waals surface area contributed by atoms with Crippen molar-refractivity contribution in [2.75, 3.05) is 61.5 Å². The number of ether oxygens (including phenoxy) is 15. The average molecular weight is 1220 g/mol. The largest absolute Gasteiger partial charge is 0.469 e. The van der Waals surface area contributed by atoms with Crippen LogP contribution in [0.15, 0.2) is 70.5 Å². The van der Waals surface area contributed by atoms with Crippen molar-refractivity contribution in [2.24, 2.45) is 17.8 Å². The van der Waals surface area contributed by atoms with Gasteiger partial charge in [0.15, 0.2) is 18.9 Å². The Morgan fingerprint density at radius 1 is 0.424 bits per heavy atom. The van der Waals surface area contributed by atoms with E-state index in [1.165, 1.54) is 13.0 Å². The number of hydrogen-bond donors (Lipinski definition) is 12. The normalized spacial score (nSPS) is 37.2. The number of carbonyl (C=O) groups is 6. The van der Waals surface area contributed by atoms with Crippen LogP contribution < -0.4 is 0 Å². The summed E-state index contributed by atoms with van der Waals surface area (Å²) in [4.78, 5) is 80.4. The van der Waals surface area contributed by atoms with Crippen LogP contribution in [0.3, 0.4) is 0 Å². The summed E-state index contributed by atoms with van der Waals surface area (Å²) in [5, 5.41) is 124. The van der Waals surface area contributed by atoms with Gasteiger partial charge in [-0.3, -0.25) is 14.4 Å². The highest BCUT2D eigenvalue weighted by Crippen LogP contribution is 2.40. The molecule has 0 unspecified atom stereocenters. The van der Waals surface area contributed by atoms with Crippen molar-refractivity contribution >= 4 is 35.8 Å². The molecule has 21 atom stereocenters. The van der Waals surface area contributed by atoms with Gasteiger partial charge in [-0.15, -0.1) is 0 Å². The number of aliphatic hydroxyl groups excluding tert-OH is 12. The Balaban J connectivity index is 1.30. The van der Waals surface area contributed by atoms with E-state index in [-0.39, 0.29) is 27.9 Å². The predicted octanol–water partition coefficient (Wildman–Crippen LogP) is -6.25.